The van der Waals surface area contributed by atoms with E-state index in [1.54, 1.807) is 7.11 Å². The number of aliphatic hydroxyl groups excluding tert-OH is 1. The van der Waals surface area contributed by atoms with Gasteiger partial charge in [-0.1, -0.05) is 26.7 Å². The minimum Gasteiger partial charge on any atom is -0.389 e. The van der Waals surface area contributed by atoms with E-state index in [0.717, 1.165) is 37.5 Å². The number of methoxy groups -OCH3 is 1. The van der Waals surface area contributed by atoms with Crippen LogP contribution in [0.15, 0.2) is 0 Å². The molecule has 0 aromatic carbocycles. The van der Waals surface area contributed by atoms with E-state index in [0.29, 0.717) is 12.6 Å². The summed E-state index contributed by atoms with van der Waals surface area (Å²) in [6.45, 7) is 8.14. The predicted molar refractivity (Wildman–Crippen MR) is 91.1 cm³/mol. The fraction of sp³-hybridized carbons (Fsp3) is 1.00. The second-order valence-corrected chi connectivity index (χ2v) is 7.65. The van der Waals surface area contributed by atoms with Crippen LogP contribution in [0.3, 0.4) is 0 Å². The molecule has 0 spiro atoms. The van der Waals surface area contributed by atoms with Crippen molar-refractivity contribution in [1.29, 1.82) is 0 Å². The van der Waals surface area contributed by atoms with Gasteiger partial charge in [-0.3, -0.25) is 0 Å². The van der Waals surface area contributed by atoms with Crippen molar-refractivity contribution < 1.29 is 9.84 Å². The van der Waals surface area contributed by atoms with Crippen LogP contribution in [0.1, 0.15) is 52.4 Å². The Balaban J connectivity index is 1.72. The summed E-state index contributed by atoms with van der Waals surface area (Å²) in [6, 6.07) is 1.39. The zero-order chi connectivity index (χ0) is 15.9. The summed E-state index contributed by atoms with van der Waals surface area (Å²) in [5.41, 5.74) is 0. The molecule has 3 unspecified atom stereocenters. The van der Waals surface area contributed by atoms with Crippen LogP contribution in [0.2, 0.25) is 0 Å². The molecule has 4 heteroatoms. The summed E-state index contributed by atoms with van der Waals surface area (Å²) in [5, 5.41) is 13.8. The molecule has 1 aliphatic carbocycles. The first kappa shape index (κ1) is 18.2. The van der Waals surface area contributed by atoms with Crippen LogP contribution in [-0.2, 0) is 4.74 Å². The van der Waals surface area contributed by atoms with Gasteiger partial charge < -0.3 is 20.1 Å². The smallest absolute Gasteiger partial charge is 0.0900 e. The van der Waals surface area contributed by atoms with E-state index < -0.39 is 0 Å². The van der Waals surface area contributed by atoms with Gasteiger partial charge in [0, 0.05) is 25.7 Å². The quantitative estimate of drug-likeness (QED) is 0.757. The summed E-state index contributed by atoms with van der Waals surface area (Å²) < 4.78 is 5.01. The van der Waals surface area contributed by atoms with Crippen molar-refractivity contribution in [3.05, 3.63) is 0 Å². The highest BCUT2D eigenvalue weighted by atomic mass is 16.5. The fourth-order valence-corrected chi connectivity index (χ4v) is 4.29. The zero-order valence-corrected chi connectivity index (χ0v) is 14.8. The minimum atomic E-state index is -0.349. The lowest BCUT2D eigenvalue weighted by atomic mass is 9.77. The molecule has 2 rings (SSSR count). The minimum absolute atomic E-state index is 0.349. The SMILES string of the molecule is COCC(O)CN1CCC(NC2CCCCC2C(C)C)CC1. The largest absolute Gasteiger partial charge is 0.389 e. The maximum Gasteiger partial charge on any atom is 0.0900 e. The first-order chi connectivity index (χ1) is 10.6. The van der Waals surface area contributed by atoms with E-state index in [2.05, 4.69) is 24.1 Å². The number of rotatable bonds is 7. The van der Waals surface area contributed by atoms with Crippen LogP contribution in [0.5, 0.6) is 0 Å². The molecular formula is C18H36N2O2. The molecule has 4 nitrogen and oxygen atoms in total. The first-order valence-corrected chi connectivity index (χ1v) is 9.25. The average Bonchev–Trinajstić information content (AvgIpc) is 2.50. The number of likely N-dealkylation sites (tertiary alicyclic amines) is 1. The van der Waals surface area contributed by atoms with Crippen molar-refractivity contribution in [3.8, 4) is 0 Å². The van der Waals surface area contributed by atoms with Crippen LogP contribution in [0.4, 0.5) is 0 Å². The molecule has 0 radical (unpaired) electrons. The number of hydrogen-bond acceptors (Lipinski definition) is 4. The van der Waals surface area contributed by atoms with Gasteiger partial charge in [0.05, 0.1) is 12.7 Å². The Morgan fingerprint density at radius 2 is 1.82 bits per heavy atom. The van der Waals surface area contributed by atoms with Crippen molar-refractivity contribution in [2.45, 2.75) is 70.6 Å². The standard InChI is InChI=1S/C18H36N2O2/c1-14(2)17-6-4-5-7-18(17)19-15-8-10-20(11-9-15)12-16(21)13-22-3/h14-19,21H,4-13H2,1-3H3. The lowest BCUT2D eigenvalue weighted by molar-refractivity contribution is 0.0298. The number of ether oxygens (including phenoxy) is 1. The monoisotopic (exact) mass is 312 g/mol. The normalized spacial score (nSPS) is 29.9. The summed E-state index contributed by atoms with van der Waals surface area (Å²) in [6.07, 6.45) is 7.63. The highest BCUT2D eigenvalue weighted by Crippen LogP contribution is 2.31. The van der Waals surface area contributed by atoms with Gasteiger partial charge in [0.1, 0.15) is 0 Å². The summed E-state index contributed by atoms with van der Waals surface area (Å²) in [4.78, 5) is 2.38. The van der Waals surface area contributed by atoms with Crippen LogP contribution in [0.25, 0.3) is 0 Å². The van der Waals surface area contributed by atoms with Crippen LogP contribution in [0, 0.1) is 11.8 Å². The van der Waals surface area contributed by atoms with Crippen molar-refractivity contribution in [2.75, 3.05) is 33.4 Å². The van der Waals surface area contributed by atoms with Crippen LogP contribution in [-0.4, -0.2) is 61.5 Å². The maximum atomic E-state index is 9.84. The van der Waals surface area contributed by atoms with Crippen molar-refractivity contribution in [2.24, 2.45) is 11.8 Å². The van der Waals surface area contributed by atoms with Crippen molar-refractivity contribution in [3.63, 3.8) is 0 Å². The van der Waals surface area contributed by atoms with Crippen molar-refractivity contribution >= 4 is 0 Å². The third kappa shape index (κ3) is 5.48. The molecular weight excluding hydrogens is 276 g/mol. The predicted octanol–water partition coefficient (Wildman–Crippen LogP) is 2.26. The summed E-state index contributed by atoms with van der Waals surface area (Å²) in [7, 11) is 1.65. The Morgan fingerprint density at radius 3 is 2.45 bits per heavy atom. The van der Waals surface area contributed by atoms with E-state index in [-0.39, 0.29) is 6.10 Å². The number of β-amino-alcohol motifs (C(OH)–C–C–N with tert-alkyl or cyclic N) is 1. The molecule has 0 aromatic rings. The Hall–Kier alpha value is -0.160. The molecule has 1 saturated heterocycles. The molecule has 3 atom stereocenters. The van der Waals surface area contributed by atoms with Gasteiger partial charge in [0.25, 0.3) is 0 Å². The number of nitrogens with one attached hydrogen (secondary N) is 1. The molecule has 0 bridgehead atoms. The first-order valence-electron chi connectivity index (χ1n) is 9.25. The third-order valence-electron chi connectivity index (χ3n) is 5.54. The molecule has 0 amide bonds. The Kier molecular flexibility index (Phi) is 7.61. The second-order valence-electron chi connectivity index (χ2n) is 7.65. The Morgan fingerprint density at radius 1 is 1.14 bits per heavy atom. The molecule has 1 aliphatic heterocycles. The van der Waals surface area contributed by atoms with Crippen LogP contribution >= 0.6 is 0 Å². The Bertz CT molecular complexity index is 303. The van der Waals surface area contributed by atoms with Gasteiger partial charge in [-0.05, 0) is 50.6 Å². The number of aliphatic hydroxyl groups is 1. The highest BCUT2D eigenvalue weighted by molar-refractivity contribution is 4.87. The average molecular weight is 312 g/mol. The molecule has 2 N–H and O–H groups in total. The lowest BCUT2D eigenvalue weighted by Crippen LogP contribution is -2.51. The van der Waals surface area contributed by atoms with Crippen LogP contribution < -0.4 is 5.32 Å². The molecule has 2 fully saturated rings. The van der Waals surface area contributed by atoms with E-state index in [1.807, 2.05) is 0 Å². The zero-order valence-electron chi connectivity index (χ0n) is 14.8. The molecule has 0 aromatic heterocycles. The fourth-order valence-electron chi connectivity index (χ4n) is 4.29. The molecule has 1 heterocycles. The molecule has 1 saturated carbocycles. The third-order valence-corrected chi connectivity index (χ3v) is 5.54. The van der Waals surface area contributed by atoms with Gasteiger partial charge >= 0.3 is 0 Å². The number of nitrogens with zero attached hydrogens (tertiary/aromatic N) is 1. The van der Waals surface area contributed by atoms with Gasteiger partial charge in [0.2, 0.25) is 0 Å². The van der Waals surface area contributed by atoms with Gasteiger partial charge in [0.15, 0.2) is 0 Å². The van der Waals surface area contributed by atoms with Gasteiger partial charge in [-0.15, -0.1) is 0 Å². The van der Waals surface area contributed by atoms with Gasteiger partial charge in [-0.2, -0.15) is 0 Å². The Labute approximate surface area is 136 Å². The van der Waals surface area contributed by atoms with E-state index in [1.165, 1.54) is 38.5 Å². The topological polar surface area (TPSA) is 44.7 Å². The van der Waals surface area contributed by atoms with Gasteiger partial charge in [-0.25, -0.2) is 0 Å². The summed E-state index contributed by atoms with van der Waals surface area (Å²) >= 11 is 0. The lowest BCUT2D eigenvalue weighted by Gasteiger charge is -2.40. The van der Waals surface area contributed by atoms with Crippen molar-refractivity contribution in [1.82, 2.24) is 10.2 Å². The molecule has 2 aliphatic rings. The second kappa shape index (κ2) is 9.21. The molecule has 22 heavy (non-hydrogen) atoms. The maximum absolute atomic E-state index is 9.84. The number of hydrogen-bond donors (Lipinski definition) is 2. The molecule has 130 valence electrons. The van der Waals surface area contributed by atoms with E-state index in [9.17, 15) is 5.11 Å². The van der Waals surface area contributed by atoms with E-state index >= 15 is 0 Å². The van der Waals surface area contributed by atoms with E-state index in [4.69, 9.17) is 4.74 Å². The summed E-state index contributed by atoms with van der Waals surface area (Å²) in [5.74, 6) is 1.65. The highest BCUT2D eigenvalue weighted by Gasteiger charge is 2.30. The number of piperidine rings is 1.